The summed E-state index contributed by atoms with van der Waals surface area (Å²) < 4.78 is 5.08. The molecule has 1 aromatic heterocycles. The lowest BCUT2D eigenvalue weighted by molar-refractivity contribution is -0.117. The Labute approximate surface area is 150 Å². The number of amides is 2. The Kier molecular flexibility index (Phi) is 3.80. The zero-order valence-corrected chi connectivity index (χ0v) is 14.7. The fraction of sp³-hybridized carbons (Fsp3) is 0.389. The minimum Gasteiger partial charge on any atom is -0.447 e. The molecule has 1 aromatic carbocycles. The molecule has 0 unspecified atom stereocenters. The Bertz CT molecular complexity index is 885. The standard InChI is InChI=1S/C18H18ClN3O3/c1-9-3-13(9)17(23)21-16-5-11-4-12(6-15(19)14(11)7-20-16)22-10(2)8-25-18(22)24/h4-7,9-10,13H,3,8H2,1-2H3,(H,20,21,23)/t9-,10-,13-/m1/s1. The number of ether oxygens (including phenoxy) is 1. The van der Waals surface area contributed by atoms with Gasteiger partial charge in [-0.15, -0.1) is 0 Å². The third-order valence-electron chi connectivity index (χ3n) is 4.83. The Morgan fingerprint density at radius 3 is 2.76 bits per heavy atom. The van der Waals surface area contributed by atoms with Gasteiger partial charge in [-0.05, 0) is 42.8 Å². The molecule has 25 heavy (non-hydrogen) atoms. The van der Waals surface area contributed by atoms with Crippen molar-refractivity contribution in [3.8, 4) is 0 Å². The van der Waals surface area contributed by atoms with Crippen LogP contribution in [-0.4, -0.2) is 29.6 Å². The number of nitrogens with zero attached hydrogens (tertiary/aromatic N) is 2. The summed E-state index contributed by atoms with van der Waals surface area (Å²) in [4.78, 5) is 29.9. The summed E-state index contributed by atoms with van der Waals surface area (Å²) in [5.41, 5.74) is 0.673. The number of benzene rings is 1. The Hall–Kier alpha value is -2.34. The maximum absolute atomic E-state index is 12.1. The van der Waals surface area contributed by atoms with Crippen molar-refractivity contribution in [1.29, 1.82) is 0 Å². The van der Waals surface area contributed by atoms with Crippen molar-refractivity contribution < 1.29 is 14.3 Å². The van der Waals surface area contributed by atoms with Crippen molar-refractivity contribution in [3.05, 3.63) is 29.4 Å². The summed E-state index contributed by atoms with van der Waals surface area (Å²) in [6, 6.07) is 5.32. The van der Waals surface area contributed by atoms with Crippen LogP contribution in [0.15, 0.2) is 24.4 Å². The first-order chi connectivity index (χ1) is 11.9. The zero-order chi connectivity index (χ0) is 17.7. The van der Waals surface area contributed by atoms with Crippen LogP contribution < -0.4 is 10.2 Å². The molecule has 0 bridgehead atoms. The maximum atomic E-state index is 12.1. The van der Waals surface area contributed by atoms with Crippen molar-refractivity contribution in [3.63, 3.8) is 0 Å². The second-order valence-electron chi connectivity index (χ2n) is 6.82. The van der Waals surface area contributed by atoms with Gasteiger partial charge in [-0.3, -0.25) is 9.69 Å². The van der Waals surface area contributed by atoms with Gasteiger partial charge in [0.25, 0.3) is 0 Å². The summed E-state index contributed by atoms with van der Waals surface area (Å²) in [6.45, 7) is 4.32. The molecule has 2 fully saturated rings. The number of carbonyl (C=O) groups is 2. The predicted octanol–water partition coefficient (Wildman–Crippen LogP) is 3.83. The van der Waals surface area contributed by atoms with E-state index in [0.717, 1.165) is 17.2 Å². The molecule has 2 aromatic rings. The highest BCUT2D eigenvalue weighted by Gasteiger charge is 2.39. The number of cyclic esters (lactones) is 1. The maximum Gasteiger partial charge on any atom is 0.414 e. The van der Waals surface area contributed by atoms with Crippen LogP contribution in [-0.2, 0) is 9.53 Å². The number of halogens is 1. The second-order valence-corrected chi connectivity index (χ2v) is 7.23. The highest BCUT2D eigenvalue weighted by molar-refractivity contribution is 6.36. The molecule has 1 saturated carbocycles. The number of nitrogens with one attached hydrogen (secondary N) is 1. The molecular weight excluding hydrogens is 342 g/mol. The number of hydrogen-bond acceptors (Lipinski definition) is 4. The fourth-order valence-corrected chi connectivity index (χ4v) is 3.46. The first kappa shape index (κ1) is 16.1. The molecule has 2 amide bonds. The van der Waals surface area contributed by atoms with Crippen molar-refractivity contribution >= 4 is 45.9 Å². The normalized spacial score (nSPS) is 25.2. The van der Waals surface area contributed by atoms with Gasteiger partial charge in [-0.2, -0.15) is 0 Å². The van der Waals surface area contributed by atoms with Gasteiger partial charge in [0.1, 0.15) is 12.4 Å². The van der Waals surface area contributed by atoms with Crippen LogP contribution in [0, 0.1) is 11.8 Å². The fourth-order valence-electron chi connectivity index (χ4n) is 3.19. The number of pyridine rings is 1. The molecule has 1 saturated heterocycles. The summed E-state index contributed by atoms with van der Waals surface area (Å²) in [5, 5.41) is 4.93. The Morgan fingerprint density at radius 2 is 2.12 bits per heavy atom. The molecule has 1 aliphatic heterocycles. The Balaban J connectivity index is 1.68. The van der Waals surface area contributed by atoms with E-state index in [2.05, 4.69) is 17.2 Å². The van der Waals surface area contributed by atoms with Crippen LogP contribution in [0.1, 0.15) is 20.3 Å². The molecule has 7 heteroatoms. The van der Waals surface area contributed by atoms with E-state index >= 15 is 0 Å². The average Bonchev–Trinajstić information content (AvgIpc) is 3.20. The molecule has 2 heterocycles. The van der Waals surface area contributed by atoms with E-state index in [0.29, 0.717) is 29.1 Å². The third kappa shape index (κ3) is 2.91. The van der Waals surface area contributed by atoms with E-state index < -0.39 is 0 Å². The number of anilines is 2. The lowest BCUT2D eigenvalue weighted by Crippen LogP contribution is -2.30. The summed E-state index contributed by atoms with van der Waals surface area (Å²) in [6.07, 6.45) is 2.18. The second kappa shape index (κ2) is 5.88. The van der Waals surface area contributed by atoms with Crippen LogP contribution in [0.4, 0.5) is 16.3 Å². The van der Waals surface area contributed by atoms with E-state index in [9.17, 15) is 9.59 Å². The first-order valence-corrected chi connectivity index (χ1v) is 8.68. The molecular formula is C18H18ClN3O3. The minimum atomic E-state index is -0.381. The largest absolute Gasteiger partial charge is 0.447 e. The van der Waals surface area contributed by atoms with Crippen molar-refractivity contribution in [2.75, 3.05) is 16.8 Å². The van der Waals surface area contributed by atoms with Gasteiger partial charge in [-0.1, -0.05) is 18.5 Å². The van der Waals surface area contributed by atoms with Crippen molar-refractivity contribution in [2.45, 2.75) is 26.3 Å². The number of aromatic nitrogens is 1. The monoisotopic (exact) mass is 359 g/mol. The van der Waals surface area contributed by atoms with Gasteiger partial charge in [0.2, 0.25) is 5.91 Å². The molecule has 1 aliphatic carbocycles. The van der Waals surface area contributed by atoms with E-state index in [4.69, 9.17) is 16.3 Å². The van der Waals surface area contributed by atoms with Crippen LogP contribution in [0.2, 0.25) is 5.02 Å². The van der Waals surface area contributed by atoms with Crippen LogP contribution in [0.3, 0.4) is 0 Å². The van der Waals surface area contributed by atoms with E-state index in [-0.39, 0.29) is 24.0 Å². The number of hydrogen-bond donors (Lipinski definition) is 1. The predicted molar refractivity (Wildman–Crippen MR) is 95.9 cm³/mol. The minimum absolute atomic E-state index is 0.00153. The molecule has 6 nitrogen and oxygen atoms in total. The SMILES string of the molecule is C[C@@H]1C[C@H]1C(=O)Nc1cc2cc(N3C(=O)OC[C@H]3C)cc(Cl)c2cn1. The molecule has 1 N–H and O–H groups in total. The highest BCUT2D eigenvalue weighted by Crippen LogP contribution is 2.38. The lowest BCUT2D eigenvalue weighted by atomic mass is 10.1. The lowest BCUT2D eigenvalue weighted by Gasteiger charge is -2.19. The number of carbonyl (C=O) groups excluding carboxylic acids is 2. The zero-order valence-electron chi connectivity index (χ0n) is 14.0. The van der Waals surface area contributed by atoms with Crippen molar-refractivity contribution in [2.24, 2.45) is 11.8 Å². The van der Waals surface area contributed by atoms with Gasteiger partial charge < -0.3 is 10.1 Å². The third-order valence-corrected chi connectivity index (χ3v) is 5.15. The summed E-state index contributed by atoms with van der Waals surface area (Å²) in [7, 11) is 0. The van der Waals surface area contributed by atoms with Gasteiger partial charge >= 0.3 is 6.09 Å². The van der Waals surface area contributed by atoms with Crippen LogP contribution in [0.25, 0.3) is 10.8 Å². The van der Waals surface area contributed by atoms with Crippen LogP contribution >= 0.6 is 11.6 Å². The first-order valence-electron chi connectivity index (χ1n) is 8.30. The van der Waals surface area contributed by atoms with Gasteiger partial charge in [0.05, 0.1) is 11.1 Å². The van der Waals surface area contributed by atoms with Gasteiger partial charge in [0.15, 0.2) is 0 Å². The summed E-state index contributed by atoms with van der Waals surface area (Å²) in [5.74, 6) is 0.997. The number of rotatable bonds is 3. The van der Waals surface area contributed by atoms with E-state index in [1.807, 2.05) is 13.0 Å². The smallest absolute Gasteiger partial charge is 0.414 e. The molecule has 130 valence electrons. The summed E-state index contributed by atoms with van der Waals surface area (Å²) >= 11 is 6.37. The van der Waals surface area contributed by atoms with Crippen LogP contribution in [0.5, 0.6) is 0 Å². The van der Waals surface area contributed by atoms with E-state index in [1.165, 1.54) is 0 Å². The molecule has 3 atom stereocenters. The Morgan fingerprint density at radius 1 is 1.36 bits per heavy atom. The average molecular weight is 360 g/mol. The van der Waals surface area contributed by atoms with Crippen molar-refractivity contribution in [1.82, 2.24) is 4.98 Å². The molecule has 0 spiro atoms. The quantitative estimate of drug-likeness (QED) is 0.904. The highest BCUT2D eigenvalue weighted by atomic mass is 35.5. The molecule has 4 rings (SSSR count). The van der Waals surface area contributed by atoms with Gasteiger partial charge in [0, 0.05) is 23.2 Å². The van der Waals surface area contributed by atoms with E-state index in [1.54, 1.807) is 23.2 Å². The molecule has 0 radical (unpaired) electrons. The molecule has 2 aliphatic rings. The van der Waals surface area contributed by atoms with Gasteiger partial charge in [-0.25, -0.2) is 9.78 Å². The number of fused-ring (bicyclic) bond motifs is 1. The topological polar surface area (TPSA) is 71.5 Å².